The lowest BCUT2D eigenvalue weighted by atomic mass is 10.1. The molecule has 1 aliphatic rings. The van der Waals surface area contributed by atoms with Crippen LogP contribution in [0.4, 0.5) is 28.0 Å². The lowest BCUT2D eigenvalue weighted by Crippen LogP contribution is -2.28. The van der Waals surface area contributed by atoms with E-state index in [0.29, 0.717) is 18.7 Å². The van der Waals surface area contributed by atoms with Crippen LogP contribution in [0, 0.1) is 5.82 Å². The topological polar surface area (TPSA) is 32.3 Å². The molecule has 0 aromatic heterocycles. The molecular weight excluding hydrogens is 240 g/mol. The van der Waals surface area contributed by atoms with Crippen molar-refractivity contribution in [3.05, 3.63) is 29.6 Å². The van der Waals surface area contributed by atoms with Crippen LogP contribution in [0.3, 0.4) is 0 Å². The minimum Gasteiger partial charge on any atom is -0.336 e. The predicted octanol–water partition coefficient (Wildman–Crippen LogP) is 2.37. The molecule has 1 heterocycles. The third kappa shape index (κ3) is 2.17. The molecule has 0 aliphatic carbocycles. The largest absolute Gasteiger partial charge is 0.419 e. The van der Waals surface area contributed by atoms with Crippen molar-refractivity contribution in [1.29, 1.82) is 0 Å². The molecule has 0 atom stereocenters. The van der Waals surface area contributed by atoms with Gasteiger partial charge >= 0.3 is 12.2 Å². The number of hydrogen-bond acceptors (Lipinski definition) is 1. The molecular formula is C10H8F4N2O. The van der Waals surface area contributed by atoms with E-state index in [2.05, 4.69) is 5.32 Å². The van der Waals surface area contributed by atoms with Gasteiger partial charge in [0.1, 0.15) is 5.82 Å². The minimum absolute atomic E-state index is 0.0359. The number of amides is 2. The van der Waals surface area contributed by atoms with Gasteiger partial charge in [0.15, 0.2) is 0 Å². The van der Waals surface area contributed by atoms with Gasteiger partial charge in [-0.2, -0.15) is 13.2 Å². The second kappa shape index (κ2) is 3.90. The third-order valence-corrected chi connectivity index (χ3v) is 2.42. The number of carbonyl (C=O) groups is 1. The highest BCUT2D eigenvalue weighted by Crippen LogP contribution is 2.34. The van der Waals surface area contributed by atoms with Crippen molar-refractivity contribution in [2.45, 2.75) is 6.18 Å². The Morgan fingerprint density at radius 3 is 2.53 bits per heavy atom. The summed E-state index contributed by atoms with van der Waals surface area (Å²) in [5.74, 6) is -1.35. The summed E-state index contributed by atoms with van der Waals surface area (Å²) in [6.07, 6.45) is -4.77. The maximum absolute atomic E-state index is 13.0. The first kappa shape index (κ1) is 11.7. The number of halogens is 4. The molecule has 1 aromatic rings. The minimum atomic E-state index is -4.77. The van der Waals surface area contributed by atoms with Crippen LogP contribution in [0.1, 0.15) is 5.56 Å². The van der Waals surface area contributed by atoms with Gasteiger partial charge in [-0.3, -0.25) is 4.90 Å². The van der Waals surface area contributed by atoms with Crippen LogP contribution in [0.15, 0.2) is 18.2 Å². The summed E-state index contributed by atoms with van der Waals surface area (Å²) in [6.45, 7) is 0.624. The first-order valence-corrected chi connectivity index (χ1v) is 4.82. The maximum Gasteiger partial charge on any atom is 0.419 e. The zero-order valence-corrected chi connectivity index (χ0v) is 8.51. The van der Waals surface area contributed by atoms with Gasteiger partial charge in [-0.15, -0.1) is 0 Å². The van der Waals surface area contributed by atoms with Crippen molar-refractivity contribution in [2.75, 3.05) is 18.0 Å². The molecule has 92 valence electrons. The van der Waals surface area contributed by atoms with E-state index in [4.69, 9.17) is 0 Å². The van der Waals surface area contributed by atoms with Crippen molar-refractivity contribution in [1.82, 2.24) is 5.32 Å². The molecule has 7 heteroatoms. The van der Waals surface area contributed by atoms with Gasteiger partial charge < -0.3 is 5.32 Å². The molecule has 1 N–H and O–H groups in total. The van der Waals surface area contributed by atoms with Crippen LogP contribution in [-0.4, -0.2) is 19.1 Å². The Morgan fingerprint density at radius 1 is 1.29 bits per heavy atom. The highest BCUT2D eigenvalue weighted by atomic mass is 19.4. The molecule has 0 unspecified atom stereocenters. The second-order valence-electron chi connectivity index (χ2n) is 3.55. The van der Waals surface area contributed by atoms with Crippen molar-refractivity contribution < 1.29 is 22.4 Å². The quantitative estimate of drug-likeness (QED) is 0.760. The fourth-order valence-corrected chi connectivity index (χ4v) is 1.62. The smallest absolute Gasteiger partial charge is 0.336 e. The van der Waals surface area contributed by atoms with Crippen LogP contribution in [0.25, 0.3) is 0 Å². The summed E-state index contributed by atoms with van der Waals surface area (Å²) in [7, 11) is 0. The van der Waals surface area contributed by atoms with E-state index >= 15 is 0 Å². The molecule has 0 spiro atoms. The van der Waals surface area contributed by atoms with E-state index in [-0.39, 0.29) is 12.2 Å². The van der Waals surface area contributed by atoms with Gasteiger partial charge in [0, 0.05) is 18.8 Å². The number of urea groups is 1. The highest BCUT2D eigenvalue weighted by molar-refractivity contribution is 5.94. The molecule has 1 fully saturated rings. The molecule has 2 amide bonds. The van der Waals surface area contributed by atoms with E-state index in [1.165, 1.54) is 0 Å². The summed E-state index contributed by atoms with van der Waals surface area (Å²) in [5.41, 5.74) is -1.33. The predicted molar refractivity (Wildman–Crippen MR) is 52.1 cm³/mol. The van der Waals surface area contributed by atoms with E-state index in [9.17, 15) is 22.4 Å². The SMILES string of the molecule is O=C1NCCN1c1ccc(F)c(C(F)(F)F)c1. The van der Waals surface area contributed by atoms with E-state index in [0.717, 1.165) is 11.0 Å². The summed E-state index contributed by atoms with van der Waals surface area (Å²) < 4.78 is 50.4. The first-order chi connectivity index (χ1) is 7.89. The summed E-state index contributed by atoms with van der Waals surface area (Å²) in [6, 6.07) is 2.02. The number of nitrogens with zero attached hydrogens (tertiary/aromatic N) is 1. The Morgan fingerprint density at radius 2 is 2.00 bits per heavy atom. The van der Waals surface area contributed by atoms with Gasteiger partial charge in [-0.25, -0.2) is 9.18 Å². The van der Waals surface area contributed by atoms with Crippen LogP contribution >= 0.6 is 0 Å². The highest BCUT2D eigenvalue weighted by Gasteiger charge is 2.35. The number of carbonyl (C=O) groups excluding carboxylic acids is 1. The Hall–Kier alpha value is -1.79. The monoisotopic (exact) mass is 248 g/mol. The third-order valence-electron chi connectivity index (χ3n) is 2.42. The van der Waals surface area contributed by atoms with E-state index in [1.807, 2.05) is 0 Å². The molecule has 0 saturated carbocycles. The number of nitrogens with one attached hydrogen (secondary N) is 1. The molecule has 1 aromatic carbocycles. The Balaban J connectivity index is 2.41. The fourth-order valence-electron chi connectivity index (χ4n) is 1.62. The number of rotatable bonds is 1. The van der Waals surface area contributed by atoms with Gasteiger partial charge in [0.2, 0.25) is 0 Å². The van der Waals surface area contributed by atoms with Gasteiger partial charge in [0.05, 0.1) is 5.56 Å². The molecule has 1 aliphatic heterocycles. The molecule has 2 rings (SSSR count). The van der Waals surface area contributed by atoms with Crippen LogP contribution in [-0.2, 0) is 6.18 Å². The first-order valence-electron chi connectivity index (χ1n) is 4.82. The van der Waals surface area contributed by atoms with Gasteiger partial charge in [-0.1, -0.05) is 0 Å². The number of alkyl halides is 3. The van der Waals surface area contributed by atoms with Crippen molar-refractivity contribution in [3.63, 3.8) is 0 Å². The van der Waals surface area contributed by atoms with E-state index < -0.39 is 23.6 Å². The normalized spacial score (nSPS) is 16.2. The van der Waals surface area contributed by atoms with Crippen molar-refractivity contribution in [2.24, 2.45) is 0 Å². The van der Waals surface area contributed by atoms with Crippen LogP contribution in [0.5, 0.6) is 0 Å². The van der Waals surface area contributed by atoms with Crippen molar-refractivity contribution >= 4 is 11.7 Å². The second-order valence-corrected chi connectivity index (χ2v) is 3.55. The molecule has 1 saturated heterocycles. The summed E-state index contributed by atoms with van der Waals surface area (Å²) in [4.78, 5) is 12.4. The number of benzene rings is 1. The molecule has 0 bridgehead atoms. The molecule has 17 heavy (non-hydrogen) atoms. The lowest BCUT2D eigenvalue weighted by Gasteiger charge is -2.16. The van der Waals surface area contributed by atoms with Crippen LogP contribution in [0.2, 0.25) is 0 Å². The van der Waals surface area contributed by atoms with Crippen molar-refractivity contribution in [3.8, 4) is 0 Å². The van der Waals surface area contributed by atoms with Gasteiger partial charge in [0.25, 0.3) is 0 Å². The van der Waals surface area contributed by atoms with E-state index in [1.54, 1.807) is 0 Å². The summed E-state index contributed by atoms with van der Waals surface area (Å²) >= 11 is 0. The van der Waals surface area contributed by atoms with Gasteiger partial charge in [-0.05, 0) is 18.2 Å². The Bertz CT molecular complexity index is 458. The lowest BCUT2D eigenvalue weighted by molar-refractivity contribution is -0.139. The molecule has 0 radical (unpaired) electrons. The molecule has 3 nitrogen and oxygen atoms in total. The fraction of sp³-hybridized carbons (Fsp3) is 0.300. The van der Waals surface area contributed by atoms with Crippen LogP contribution < -0.4 is 10.2 Å². The average Bonchev–Trinajstić information content (AvgIpc) is 2.63. The summed E-state index contributed by atoms with van der Waals surface area (Å²) in [5, 5.41) is 2.45. The Labute approximate surface area is 94.0 Å². The average molecular weight is 248 g/mol. The number of hydrogen-bond donors (Lipinski definition) is 1. The maximum atomic E-state index is 13.0. The zero-order valence-electron chi connectivity index (χ0n) is 8.51. The Kier molecular flexibility index (Phi) is 2.68. The number of anilines is 1. The standard InChI is InChI=1S/C10H8F4N2O/c11-8-2-1-6(5-7(8)10(12,13)14)16-4-3-15-9(16)17/h1-2,5H,3-4H2,(H,15,17). The zero-order chi connectivity index (χ0) is 12.6.